The van der Waals surface area contributed by atoms with E-state index in [0.717, 1.165) is 36.4 Å². The van der Waals surface area contributed by atoms with Gasteiger partial charge in [-0.05, 0) is 60.9 Å². The topological polar surface area (TPSA) is 49.6 Å². The summed E-state index contributed by atoms with van der Waals surface area (Å²) in [7, 11) is 0. The average molecular weight is 356 g/mol. The van der Waals surface area contributed by atoms with Crippen LogP contribution in [0.4, 0.5) is 0 Å². The van der Waals surface area contributed by atoms with Gasteiger partial charge in [0, 0.05) is 12.1 Å². The van der Waals surface area contributed by atoms with E-state index in [-0.39, 0.29) is 6.04 Å². The molecule has 2 unspecified atom stereocenters. The van der Waals surface area contributed by atoms with Gasteiger partial charge in [0.05, 0.1) is 29.7 Å². The van der Waals surface area contributed by atoms with E-state index >= 15 is 0 Å². The number of fused-ring (bicyclic) bond motifs is 5. The quantitative estimate of drug-likeness (QED) is 0.830. The van der Waals surface area contributed by atoms with Gasteiger partial charge in [0.25, 0.3) is 0 Å². The molecule has 1 aromatic heterocycles. The van der Waals surface area contributed by atoms with Gasteiger partial charge < -0.3 is 5.43 Å². The third-order valence-electron chi connectivity index (χ3n) is 5.77. The standard InChI is InChI=1S/C23H24N4/c1-2-4-8-14-24-21(11-5-3-1)23-17-10-7-6-9-16(17)22-18-15-25-27-19(18)12-13-20(22)26-23/h1-2,4-5,8,11-13,15,18-19,27H,3,6-7,9-10,14H2/b2-1-,8-4-,11-5-,24-21+. The molecule has 2 atom stereocenters. The van der Waals surface area contributed by atoms with E-state index in [2.05, 4.69) is 65.3 Å². The maximum Gasteiger partial charge on any atom is 0.0923 e. The maximum atomic E-state index is 5.14. The minimum absolute atomic E-state index is 0.277. The van der Waals surface area contributed by atoms with E-state index in [1.807, 2.05) is 0 Å². The van der Waals surface area contributed by atoms with Crippen LogP contribution in [-0.4, -0.2) is 29.5 Å². The highest BCUT2D eigenvalue weighted by atomic mass is 15.3. The summed E-state index contributed by atoms with van der Waals surface area (Å²) in [6, 6.07) is 0.277. The molecule has 0 fully saturated rings. The number of aliphatic imine (C=N–C) groups is 1. The Morgan fingerprint density at radius 3 is 2.81 bits per heavy atom. The predicted molar refractivity (Wildman–Crippen MR) is 112 cm³/mol. The van der Waals surface area contributed by atoms with Crippen LogP contribution in [0.2, 0.25) is 0 Å². The second-order valence-electron chi connectivity index (χ2n) is 7.46. The van der Waals surface area contributed by atoms with Crippen LogP contribution in [0.15, 0.2) is 52.6 Å². The van der Waals surface area contributed by atoms with Crippen molar-refractivity contribution in [1.82, 2.24) is 10.4 Å². The molecule has 0 saturated heterocycles. The zero-order valence-corrected chi connectivity index (χ0v) is 15.4. The lowest BCUT2D eigenvalue weighted by Crippen LogP contribution is -2.29. The molecule has 0 aromatic carbocycles. The molecule has 27 heavy (non-hydrogen) atoms. The fourth-order valence-electron chi connectivity index (χ4n) is 4.48. The van der Waals surface area contributed by atoms with Gasteiger partial charge >= 0.3 is 0 Å². The van der Waals surface area contributed by atoms with E-state index in [1.165, 1.54) is 29.5 Å². The van der Waals surface area contributed by atoms with Crippen molar-refractivity contribution in [2.24, 2.45) is 10.1 Å². The molecule has 5 rings (SSSR count). The smallest absolute Gasteiger partial charge is 0.0923 e. The molecule has 0 saturated carbocycles. The molecule has 4 aliphatic rings. The van der Waals surface area contributed by atoms with Crippen molar-refractivity contribution in [2.45, 2.75) is 44.1 Å². The molecule has 1 N–H and O–H groups in total. The minimum atomic E-state index is 0.277. The summed E-state index contributed by atoms with van der Waals surface area (Å²) in [6.07, 6.45) is 24.8. The third kappa shape index (κ3) is 2.99. The predicted octanol–water partition coefficient (Wildman–Crippen LogP) is 3.89. The normalized spacial score (nSPS) is 30.9. The largest absolute Gasteiger partial charge is 0.302 e. The fourth-order valence-corrected chi connectivity index (χ4v) is 4.48. The van der Waals surface area contributed by atoms with Crippen molar-refractivity contribution in [2.75, 3.05) is 6.54 Å². The second kappa shape index (κ2) is 7.10. The number of hydrazone groups is 1. The second-order valence-corrected chi connectivity index (χ2v) is 7.46. The van der Waals surface area contributed by atoms with E-state index in [0.29, 0.717) is 12.5 Å². The first-order valence-electron chi connectivity index (χ1n) is 9.97. The van der Waals surface area contributed by atoms with Crippen molar-refractivity contribution in [3.8, 4) is 0 Å². The maximum absolute atomic E-state index is 5.14. The van der Waals surface area contributed by atoms with Gasteiger partial charge in [-0.25, -0.2) is 4.98 Å². The van der Waals surface area contributed by atoms with E-state index in [9.17, 15) is 0 Å². The number of rotatable bonds is 1. The first-order chi connectivity index (χ1) is 13.4. The van der Waals surface area contributed by atoms with Crippen LogP contribution < -0.4 is 5.43 Å². The molecule has 1 aromatic rings. The summed E-state index contributed by atoms with van der Waals surface area (Å²) in [6.45, 7) is 0.689. The first kappa shape index (κ1) is 16.4. The van der Waals surface area contributed by atoms with Crippen molar-refractivity contribution in [3.63, 3.8) is 0 Å². The lowest BCUT2D eigenvalue weighted by Gasteiger charge is -2.29. The molecule has 2 aliphatic heterocycles. The van der Waals surface area contributed by atoms with Crippen LogP contribution in [0.1, 0.15) is 53.3 Å². The Morgan fingerprint density at radius 2 is 1.85 bits per heavy atom. The first-order valence-corrected chi connectivity index (χ1v) is 9.97. The molecule has 0 amide bonds. The number of aromatic nitrogens is 1. The van der Waals surface area contributed by atoms with Gasteiger partial charge in [0.1, 0.15) is 0 Å². The molecule has 136 valence electrons. The van der Waals surface area contributed by atoms with Crippen LogP contribution in [0.5, 0.6) is 0 Å². The summed E-state index contributed by atoms with van der Waals surface area (Å²) in [5, 5.41) is 4.33. The number of nitrogens with zero attached hydrogens (tertiary/aromatic N) is 3. The van der Waals surface area contributed by atoms with Gasteiger partial charge in [-0.3, -0.25) is 4.99 Å². The molecule has 0 radical (unpaired) electrons. The highest BCUT2D eigenvalue weighted by Crippen LogP contribution is 2.38. The summed E-state index contributed by atoms with van der Waals surface area (Å²) >= 11 is 0. The van der Waals surface area contributed by atoms with Crippen molar-refractivity contribution in [3.05, 3.63) is 70.6 Å². The Kier molecular flexibility index (Phi) is 4.32. The lowest BCUT2D eigenvalue weighted by atomic mass is 9.78. The van der Waals surface area contributed by atoms with Crippen LogP contribution in [0.3, 0.4) is 0 Å². The van der Waals surface area contributed by atoms with E-state index in [4.69, 9.17) is 9.98 Å². The monoisotopic (exact) mass is 356 g/mol. The summed E-state index contributed by atoms with van der Waals surface area (Å²) in [4.78, 5) is 10.00. The van der Waals surface area contributed by atoms with Gasteiger partial charge in [-0.1, -0.05) is 36.5 Å². The Hall–Kier alpha value is -2.75. The van der Waals surface area contributed by atoms with Crippen LogP contribution in [0, 0.1) is 0 Å². The van der Waals surface area contributed by atoms with Gasteiger partial charge in [-0.15, -0.1) is 0 Å². The van der Waals surface area contributed by atoms with Gasteiger partial charge in [0.2, 0.25) is 0 Å². The molecular formula is C23H24N4. The highest BCUT2D eigenvalue weighted by Gasteiger charge is 2.34. The number of allylic oxidation sites excluding steroid dienone is 5. The van der Waals surface area contributed by atoms with E-state index in [1.54, 1.807) is 0 Å². The van der Waals surface area contributed by atoms with Crippen molar-refractivity contribution < 1.29 is 0 Å². The average Bonchev–Trinajstić information content (AvgIpc) is 3.20. The third-order valence-corrected chi connectivity index (χ3v) is 5.77. The summed E-state index contributed by atoms with van der Waals surface area (Å²) in [5.41, 5.74) is 10.7. The summed E-state index contributed by atoms with van der Waals surface area (Å²) in [5.74, 6) is 0.313. The molecule has 0 bridgehead atoms. The Bertz CT molecular complexity index is 930. The van der Waals surface area contributed by atoms with Gasteiger partial charge in [0.15, 0.2) is 0 Å². The number of nitrogens with one attached hydrogen (secondary N) is 1. The molecule has 4 heteroatoms. The zero-order valence-electron chi connectivity index (χ0n) is 15.4. The fraction of sp³-hybridized carbons (Fsp3) is 0.348. The number of hydrogen-bond acceptors (Lipinski definition) is 4. The van der Waals surface area contributed by atoms with Crippen molar-refractivity contribution in [1.29, 1.82) is 0 Å². The molecule has 3 heterocycles. The molecule has 0 spiro atoms. The van der Waals surface area contributed by atoms with Crippen LogP contribution in [-0.2, 0) is 12.8 Å². The van der Waals surface area contributed by atoms with Crippen LogP contribution >= 0.6 is 0 Å². The molecular weight excluding hydrogens is 332 g/mol. The Balaban J connectivity index is 1.66. The van der Waals surface area contributed by atoms with Crippen LogP contribution in [0.25, 0.3) is 6.08 Å². The Labute approximate surface area is 160 Å². The zero-order chi connectivity index (χ0) is 18.1. The van der Waals surface area contributed by atoms with Crippen molar-refractivity contribution >= 4 is 18.0 Å². The molecule has 4 nitrogen and oxygen atoms in total. The number of pyridine rings is 1. The SMILES string of the molecule is C1=CC2NN=CC2c2c1nc(C1=N/C/C=C\C=C/C/C=C\1)c1c2CCCC1. The highest BCUT2D eigenvalue weighted by molar-refractivity contribution is 6.09. The molecule has 2 aliphatic carbocycles. The van der Waals surface area contributed by atoms with Gasteiger partial charge in [-0.2, -0.15) is 5.10 Å². The lowest BCUT2D eigenvalue weighted by molar-refractivity contribution is 0.617. The minimum Gasteiger partial charge on any atom is -0.302 e. The van der Waals surface area contributed by atoms with E-state index < -0.39 is 0 Å². The number of hydrogen-bond donors (Lipinski definition) is 1. The summed E-state index contributed by atoms with van der Waals surface area (Å²) < 4.78 is 0. The Morgan fingerprint density at radius 1 is 0.963 bits per heavy atom.